The van der Waals surface area contributed by atoms with E-state index in [1.807, 2.05) is 6.07 Å². The molecule has 0 aromatic heterocycles. The van der Waals surface area contributed by atoms with Crippen LogP contribution >= 0.6 is 0 Å². The summed E-state index contributed by atoms with van der Waals surface area (Å²) < 4.78 is 12.5. The molecule has 0 bridgehead atoms. The minimum Gasteiger partial charge on any atom is -0.207 e. The van der Waals surface area contributed by atoms with E-state index in [4.69, 9.17) is 0 Å². The molecule has 51 valence electrons. The summed E-state index contributed by atoms with van der Waals surface area (Å²) >= 11 is 0. The summed E-state index contributed by atoms with van der Waals surface area (Å²) in [6.45, 7) is 0. The van der Waals surface area contributed by atoms with Crippen molar-refractivity contribution in [3.8, 4) is 0 Å². The van der Waals surface area contributed by atoms with Crippen molar-refractivity contribution < 1.29 is 4.39 Å². The molecule has 2 rings (SSSR count). The maximum atomic E-state index is 12.5. The van der Waals surface area contributed by atoms with Gasteiger partial charge in [-0.05, 0) is 30.5 Å². The topological polar surface area (TPSA) is 0 Å². The number of benzene rings is 1. The number of rotatable bonds is 1. The first kappa shape index (κ1) is 5.90. The molecule has 0 heterocycles. The maximum absolute atomic E-state index is 12.5. The van der Waals surface area contributed by atoms with E-state index in [1.54, 1.807) is 12.1 Å². The molecule has 0 atom stereocenters. The molecule has 1 saturated carbocycles. The van der Waals surface area contributed by atoms with Crippen LogP contribution in [0.3, 0.4) is 0 Å². The molecule has 0 unspecified atom stereocenters. The second-order valence-electron chi connectivity index (χ2n) is 2.61. The van der Waals surface area contributed by atoms with Crippen molar-refractivity contribution >= 4 is 0 Å². The molecule has 1 aromatic rings. The molecule has 0 amide bonds. The second-order valence-corrected chi connectivity index (χ2v) is 2.61. The average molecular weight is 135 g/mol. The van der Waals surface area contributed by atoms with Gasteiger partial charge >= 0.3 is 0 Å². The van der Waals surface area contributed by atoms with E-state index in [2.05, 4.69) is 0 Å². The van der Waals surface area contributed by atoms with Crippen LogP contribution in [0.25, 0.3) is 0 Å². The van der Waals surface area contributed by atoms with Crippen molar-refractivity contribution in [1.29, 1.82) is 0 Å². The first-order valence-corrected chi connectivity index (χ1v) is 3.47. The molecule has 1 aromatic carbocycles. The van der Waals surface area contributed by atoms with Crippen LogP contribution in [-0.4, -0.2) is 0 Å². The third kappa shape index (κ3) is 1.04. The number of halogens is 1. The molecular weight excluding hydrogens is 127 g/mol. The number of hydrogen-bond acceptors (Lipinski definition) is 0. The van der Waals surface area contributed by atoms with Gasteiger partial charge in [-0.2, -0.15) is 0 Å². The van der Waals surface area contributed by atoms with Gasteiger partial charge in [0, 0.05) is 5.92 Å². The van der Waals surface area contributed by atoms with Crippen molar-refractivity contribution in [1.82, 2.24) is 0 Å². The molecule has 1 fully saturated rings. The predicted octanol–water partition coefficient (Wildman–Crippen LogP) is 2.54. The Kier molecular flexibility index (Phi) is 1.23. The van der Waals surface area contributed by atoms with Crippen LogP contribution in [0.15, 0.2) is 24.3 Å². The summed E-state index contributed by atoms with van der Waals surface area (Å²) in [4.78, 5) is 0. The van der Waals surface area contributed by atoms with E-state index in [9.17, 15) is 4.39 Å². The highest BCUT2D eigenvalue weighted by atomic mass is 19.1. The van der Waals surface area contributed by atoms with Gasteiger partial charge in [-0.3, -0.25) is 0 Å². The Hall–Kier alpha value is -0.850. The molecule has 0 aliphatic heterocycles. The van der Waals surface area contributed by atoms with E-state index in [0.29, 0.717) is 0 Å². The molecule has 10 heavy (non-hydrogen) atoms. The first-order valence-electron chi connectivity index (χ1n) is 3.47. The third-order valence-electron chi connectivity index (χ3n) is 1.73. The zero-order valence-corrected chi connectivity index (χ0v) is 5.60. The van der Waals surface area contributed by atoms with Gasteiger partial charge < -0.3 is 0 Å². The lowest BCUT2D eigenvalue weighted by Crippen LogP contribution is -1.80. The monoisotopic (exact) mass is 135 g/mol. The predicted molar refractivity (Wildman–Crippen MR) is 38.0 cm³/mol. The van der Waals surface area contributed by atoms with E-state index in [1.165, 1.54) is 12.0 Å². The molecule has 1 heteroatoms. The largest absolute Gasteiger partial charge is 0.207 e. The highest BCUT2D eigenvalue weighted by Crippen LogP contribution is 2.38. The Morgan fingerprint density at radius 1 is 1.20 bits per heavy atom. The Morgan fingerprint density at radius 2 is 2.00 bits per heavy atom. The van der Waals surface area contributed by atoms with Crippen molar-refractivity contribution in [2.75, 3.05) is 0 Å². The SMILES string of the molecule is Fc1cccc([C]2CC2)c1. The summed E-state index contributed by atoms with van der Waals surface area (Å²) in [6, 6.07) is 6.80. The van der Waals surface area contributed by atoms with Crippen LogP contribution in [0.2, 0.25) is 0 Å². The van der Waals surface area contributed by atoms with Crippen molar-refractivity contribution in [2.24, 2.45) is 0 Å². The van der Waals surface area contributed by atoms with Crippen LogP contribution in [0.5, 0.6) is 0 Å². The lowest BCUT2D eigenvalue weighted by Gasteiger charge is -1.94. The molecule has 1 aliphatic carbocycles. The Labute approximate surface area is 59.7 Å². The van der Waals surface area contributed by atoms with Gasteiger partial charge in [0.15, 0.2) is 0 Å². The molecule has 1 radical (unpaired) electrons. The van der Waals surface area contributed by atoms with Crippen LogP contribution in [0.1, 0.15) is 18.4 Å². The zero-order valence-electron chi connectivity index (χ0n) is 5.60. The van der Waals surface area contributed by atoms with Crippen molar-refractivity contribution in [2.45, 2.75) is 12.8 Å². The van der Waals surface area contributed by atoms with Crippen molar-refractivity contribution in [3.63, 3.8) is 0 Å². The van der Waals surface area contributed by atoms with Gasteiger partial charge in [-0.25, -0.2) is 4.39 Å². The van der Waals surface area contributed by atoms with Crippen LogP contribution in [0, 0.1) is 11.7 Å². The number of hydrogen-bond donors (Lipinski definition) is 0. The van der Waals surface area contributed by atoms with Gasteiger partial charge in [-0.1, -0.05) is 12.1 Å². The smallest absolute Gasteiger partial charge is 0.123 e. The summed E-state index contributed by atoms with van der Waals surface area (Å²) in [6.07, 6.45) is 2.31. The van der Waals surface area contributed by atoms with E-state index < -0.39 is 0 Å². The molecular formula is C9H8F. The standard InChI is InChI=1S/C9H8F/c10-9-3-1-2-8(6-9)7-4-5-7/h1-3,6H,4-5H2. The fraction of sp³-hybridized carbons (Fsp3) is 0.222. The fourth-order valence-electron chi connectivity index (χ4n) is 1.06. The minimum atomic E-state index is -0.128. The van der Waals surface area contributed by atoms with Gasteiger partial charge in [0.05, 0.1) is 0 Å². The first-order chi connectivity index (χ1) is 4.86. The van der Waals surface area contributed by atoms with Crippen LogP contribution < -0.4 is 0 Å². The van der Waals surface area contributed by atoms with Gasteiger partial charge in [0.2, 0.25) is 0 Å². The van der Waals surface area contributed by atoms with Gasteiger partial charge in [0.1, 0.15) is 5.82 Å². The lowest BCUT2D eigenvalue weighted by atomic mass is 10.1. The van der Waals surface area contributed by atoms with E-state index >= 15 is 0 Å². The minimum absolute atomic E-state index is 0.128. The highest BCUT2D eigenvalue weighted by molar-refractivity contribution is 5.37. The highest BCUT2D eigenvalue weighted by Gasteiger charge is 2.24. The average Bonchev–Trinajstić information content (AvgIpc) is 2.68. The van der Waals surface area contributed by atoms with Crippen molar-refractivity contribution in [3.05, 3.63) is 41.6 Å². The summed E-state index contributed by atoms with van der Waals surface area (Å²) in [5.74, 6) is 1.26. The third-order valence-corrected chi connectivity index (χ3v) is 1.73. The summed E-state index contributed by atoms with van der Waals surface area (Å²) in [5, 5.41) is 0. The van der Waals surface area contributed by atoms with E-state index in [-0.39, 0.29) is 5.82 Å². The lowest BCUT2D eigenvalue weighted by molar-refractivity contribution is 0.626. The van der Waals surface area contributed by atoms with Crippen LogP contribution in [-0.2, 0) is 0 Å². The molecule has 0 N–H and O–H groups in total. The molecule has 0 spiro atoms. The Morgan fingerprint density at radius 3 is 2.60 bits per heavy atom. The molecule has 0 saturated heterocycles. The Balaban J connectivity index is 2.32. The second kappa shape index (κ2) is 2.08. The van der Waals surface area contributed by atoms with Gasteiger partial charge in [-0.15, -0.1) is 0 Å². The maximum Gasteiger partial charge on any atom is 0.123 e. The van der Waals surface area contributed by atoms with Crippen LogP contribution in [0.4, 0.5) is 4.39 Å². The summed E-state index contributed by atoms with van der Waals surface area (Å²) in [7, 11) is 0. The van der Waals surface area contributed by atoms with Gasteiger partial charge in [0.25, 0.3) is 0 Å². The summed E-state index contributed by atoms with van der Waals surface area (Å²) in [5.41, 5.74) is 1.08. The normalized spacial score (nSPS) is 17.3. The van der Waals surface area contributed by atoms with E-state index in [0.717, 1.165) is 18.4 Å². The Bertz CT molecular complexity index is 238. The quantitative estimate of drug-likeness (QED) is 0.555. The molecule has 0 nitrogen and oxygen atoms in total. The molecule has 1 aliphatic rings. The zero-order chi connectivity index (χ0) is 6.97. The fourth-order valence-corrected chi connectivity index (χ4v) is 1.06.